The van der Waals surface area contributed by atoms with Crippen molar-refractivity contribution in [3.8, 4) is 0 Å². The van der Waals surface area contributed by atoms with Crippen molar-refractivity contribution < 1.29 is 4.90 Å². The zero-order valence-corrected chi connectivity index (χ0v) is 11.8. The molecule has 0 radical (unpaired) electrons. The Hall–Kier alpha value is -1.13. The minimum atomic E-state index is 0.908. The van der Waals surface area contributed by atoms with Crippen molar-refractivity contribution >= 4 is 17.3 Å². The molecule has 2 rings (SSSR count). The Kier molecular flexibility index (Phi) is 4.96. The van der Waals surface area contributed by atoms with E-state index >= 15 is 0 Å². The number of benzene rings is 1. The second-order valence-corrected chi connectivity index (χ2v) is 5.20. The fraction of sp³-hybridized carbons (Fsp3) is 0.500. The molecule has 1 aliphatic rings. The van der Waals surface area contributed by atoms with Gasteiger partial charge in [-0.05, 0) is 30.6 Å². The van der Waals surface area contributed by atoms with Crippen molar-refractivity contribution in [2.75, 3.05) is 26.4 Å². The van der Waals surface area contributed by atoms with Crippen LogP contribution < -0.4 is 10.2 Å². The van der Waals surface area contributed by atoms with Crippen LogP contribution in [0.2, 0.25) is 0 Å². The largest absolute Gasteiger partial charge is 0.316 e. The van der Waals surface area contributed by atoms with Crippen molar-refractivity contribution in [2.45, 2.75) is 19.8 Å². The van der Waals surface area contributed by atoms with E-state index in [1.54, 1.807) is 4.90 Å². The molecule has 3 nitrogen and oxygen atoms in total. The monoisotopic (exact) mass is 264 g/mol. The molecule has 1 saturated heterocycles. The summed E-state index contributed by atoms with van der Waals surface area (Å²) in [6.07, 6.45) is 2.28. The molecule has 0 saturated carbocycles. The second-order valence-electron chi connectivity index (χ2n) is 4.82. The van der Waals surface area contributed by atoms with Crippen LogP contribution in [-0.2, 0) is 6.42 Å². The highest BCUT2D eigenvalue weighted by Crippen LogP contribution is 2.01. The van der Waals surface area contributed by atoms with Crippen LogP contribution in [0.1, 0.15) is 18.9 Å². The molecule has 0 aromatic heterocycles. The first-order valence-corrected chi connectivity index (χ1v) is 7.10. The van der Waals surface area contributed by atoms with Crippen LogP contribution in [-0.4, -0.2) is 36.4 Å². The number of nitrogens with zero attached hydrogens (tertiary/aromatic N) is 1. The van der Waals surface area contributed by atoms with Gasteiger partial charge in [0.15, 0.2) is 18.4 Å². The molecule has 0 amide bonds. The molecule has 4 heteroatoms. The number of nitrogens with one attached hydrogen (secondary N) is 2. The molecule has 1 aromatic rings. The lowest BCUT2D eigenvalue weighted by atomic mass is 10.1. The van der Waals surface area contributed by atoms with E-state index in [9.17, 15) is 0 Å². The topological polar surface area (TPSA) is 19.7 Å². The first-order valence-electron chi connectivity index (χ1n) is 6.70. The summed E-state index contributed by atoms with van der Waals surface area (Å²) >= 11 is 5.38. The average Bonchev–Trinajstić information content (AvgIpc) is 2.41. The molecule has 2 N–H and O–H groups in total. The second kappa shape index (κ2) is 6.71. The zero-order valence-electron chi connectivity index (χ0n) is 11.0. The van der Waals surface area contributed by atoms with Crippen molar-refractivity contribution in [2.24, 2.45) is 0 Å². The predicted octanol–water partition coefficient (Wildman–Crippen LogP) is 0.629. The molecule has 0 aliphatic carbocycles. The minimum Gasteiger partial charge on any atom is -0.316 e. The molecule has 1 unspecified atom stereocenters. The molecule has 18 heavy (non-hydrogen) atoms. The van der Waals surface area contributed by atoms with Crippen LogP contribution in [0.4, 0.5) is 0 Å². The van der Waals surface area contributed by atoms with Crippen LogP contribution in [0.5, 0.6) is 0 Å². The van der Waals surface area contributed by atoms with E-state index in [1.165, 1.54) is 18.5 Å². The number of hydrogen-bond donors (Lipinski definition) is 2. The van der Waals surface area contributed by atoms with E-state index in [-0.39, 0.29) is 0 Å². The summed E-state index contributed by atoms with van der Waals surface area (Å²) in [5, 5.41) is 4.23. The molecule has 1 fully saturated rings. The summed E-state index contributed by atoms with van der Waals surface area (Å²) in [5.74, 6) is 0. The third kappa shape index (κ3) is 3.68. The van der Waals surface area contributed by atoms with Gasteiger partial charge in [0.25, 0.3) is 0 Å². The first-order chi connectivity index (χ1) is 8.79. The van der Waals surface area contributed by atoms with Crippen LogP contribution in [0.3, 0.4) is 0 Å². The Morgan fingerprint density at radius 2 is 2.11 bits per heavy atom. The zero-order chi connectivity index (χ0) is 12.8. The quantitative estimate of drug-likeness (QED) is 0.761. The first kappa shape index (κ1) is 13.3. The van der Waals surface area contributed by atoms with E-state index in [4.69, 9.17) is 12.2 Å². The van der Waals surface area contributed by atoms with Gasteiger partial charge in [0.05, 0.1) is 6.54 Å². The van der Waals surface area contributed by atoms with E-state index in [0.29, 0.717) is 0 Å². The van der Waals surface area contributed by atoms with Gasteiger partial charge < -0.3 is 15.1 Å². The van der Waals surface area contributed by atoms with E-state index in [2.05, 4.69) is 47.5 Å². The highest BCUT2D eigenvalue weighted by atomic mass is 32.1. The smallest absolute Gasteiger partial charge is 0.177 e. The van der Waals surface area contributed by atoms with Gasteiger partial charge in [-0.1, -0.05) is 37.3 Å². The van der Waals surface area contributed by atoms with Crippen LogP contribution in [0.25, 0.3) is 0 Å². The number of rotatable bonds is 5. The summed E-state index contributed by atoms with van der Waals surface area (Å²) in [6, 6.07) is 10.6. The highest BCUT2D eigenvalue weighted by Gasteiger charge is 2.22. The highest BCUT2D eigenvalue weighted by molar-refractivity contribution is 7.80. The maximum atomic E-state index is 5.38. The molecular formula is C14H22N3S+. The van der Waals surface area contributed by atoms with E-state index in [0.717, 1.165) is 31.4 Å². The third-order valence-corrected chi connectivity index (χ3v) is 3.71. The van der Waals surface area contributed by atoms with Gasteiger partial charge in [-0.15, -0.1) is 0 Å². The van der Waals surface area contributed by atoms with Crippen LogP contribution >= 0.6 is 12.2 Å². The molecule has 1 atom stereocenters. The maximum Gasteiger partial charge on any atom is 0.177 e. The van der Waals surface area contributed by atoms with Crippen molar-refractivity contribution in [1.29, 1.82) is 0 Å². The third-order valence-electron chi connectivity index (χ3n) is 3.31. The van der Waals surface area contributed by atoms with Gasteiger partial charge in [-0.25, -0.2) is 0 Å². The van der Waals surface area contributed by atoms with Crippen LogP contribution in [0, 0.1) is 0 Å². The number of quaternary nitrogens is 1. The average molecular weight is 264 g/mol. The van der Waals surface area contributed by atoms with Gasteiger partial charge in [0.2, 0.25) is 0 Å². The fourth-order valence-corrected chi connectivity index (χ4v) is 2.55. The number of thiocarbonyl (C=S) groups is 1. The van der Waals surface area contributed by atoms with Gasteiger partial charge in [-0.2, -0.15) is 0 Å². The van der Waals surface area contributed by atoms with Gasteiger partial charge in [-0.3, -0.25) is 0 Å². The summed E-state index contributed by atoms with van der Waals surface area (Å²) in [4.78, 5) is 3.86. The minimum absolute atomic E-state index is 0.908. The Balaban J connectivity index is 1.85. The van der Waals surface area contributed by atoms with Crippen molar-refractivity contribution in [3.63, 3.8) is 0 Å². The van der Waals surface area contributed by atoms with Gasteiger partial charge >= 0.3 is 0 Å². The van der Waals surface area contributed by atoms with Gasteiger partial charge in [0, 0.05) is 6.54 Å². The molecule has 0 spiro atoms. The standard InChI is InChI=1S/C14H21N3S/c1-2-9-16-11-15-14(18)17(12-16)10-8-13-6-4-3-5-7-13/h3-7H,2,8-12H2,1H3,(H,15,18)/p+1. The lowest BCUT2D eigenvalue weighted by Gasteiger charge is -2.35. The molecular weight excluding hydrogens is 242 g/mol. The Labute approximate surface area is 115 Å². The Morgan fingerprint density at radius 1 is 1.33 bits per heavy atom. The van der Waals surface area contributed by atoms with E-state index in [1.807, 2.05) is 0 Å². The lowest BCUT2D eigenvalue weighted by molar-refractivity contribution is -0.914. The summed E-state index contributed by atoms with van der Waals surface area (Å²) in [5.41, 5.74) is 1.38. The SMILES string of the molecule is CCC[NH+]1CNC(=S)N(CCc2ccccc2)C1. The molecule has 0 bridgehead atoms. The Morgan fingerprint density at radius 3 is 2.83 bits per heavy atom. The fourth-order valence-electron chi connectivity index (χ4n) is 2.32. The molecule has 98 valence electrons. The molecule has 1 heterocycles. The summed E-state index contributed by atoms with van der Waals surface area (Å²) in [6.45, 7) is 6.44. The number of hydrogen-bond acceptors (Lipinski definition) is 1. The van der Waals surface area contributed by atoms with E-state index < -0.39 is 0 Å². The molecule has 1 aromatic carbocycles. The normalized spacial score (nSPS) is 19.7. The lowest BCUT2D eigenvalue weighted by Crippen LogP contribution is -3.17. The van der Waals surface area contributed by atoms with Crippen LogP contribution in [0.15, 0.2) is 30.3 Å². The van der Waals surface area contributed by atoms with Crippen molar-refractivity contribution in [3.05, 3.63) is 35.9 Å². The summed E-state index contributed by atoms with van der Waals surface area (Å²) < 4.78 is 0. The maximum absolute atomic E-state index is 5.38. The summed E-state index contributed by atoms with van der Waals surface area (Å²) in [7, 11) is 0. The van der Waals surface area contributed by atoms with Crippen molar-refractivity contribution in [1.82, 2.24) is 10.2 Å². The Bertz CT molecular complexity index is 380. The predicted molar refractivity (Wildman–Crippen MR) is 78.4 cm³/mol. The van der Waals surface area contributed by atoms with Gasteiger partial charge in [0.1, 0.15) is 0 Å². The molecule has 1 aliphatic heterocycles.